The highest BCUT2D eigenvalue weighted by molar-refractivity contribution is 7.91. The van der Waals surface area contributed by atoms with Gasteiger partial charge in [0, 0.05) is 20.1 Å². The molecule has 1 rings (SSSR count). The van der Waals surface area contributed by atoms with Gasteiger partial charge in [-0.1, -0.05) is 0 Å². The van der Waals surface area contributed by atoms with Crippen LogP contribution in [-0.2, 0) is 14.6 Å². The van der Waals surface area contributed by atoms with Crippen molar-refractivity contribution >= 4 is 21.8 Å². The van der Waals surface area contributed by atoms with Gasteiger partial charge in [0.05, 0.1) is 11.5 Å². The van der Waals surface area contributed by atoms with Gasteiger partial charge < -0.3 is 14.9 Å². The summed E-state index contributed by atoms with van der Waals surface area (Å²) in [5.41, 5.74) is 0. The highest BCUT2D eigenvalue weighted by atomic mass is 32.2. The van der Waals surface area contributed by atoms with Crippen molar-refractivity contribution in [2.24, 2.45) is 0 Å². The fourth-order valence-electron chi connectivity index (χ4n) is 1.82. The first-order chi connectivity index (χ1) is 8.15. The second-order valence-corrected chi connectivity index (χ2v) is 6.80. The maximum atomic E-state index is 12.0. The van der Waals surface area contributed by atoms with Crippen molar-refractivity contribution in [1.82, 2.24) is 9.80 Å². The Morgan fingerprint density at radius 1 is 1.33 bits per heavy atom. The second kappa shape index (κ2) is 5.13. The van der Waals surface area contributed by atoms with E-state index >= 15 is 0 Å². The lowest BCUT2D eigenvalue weighted by atomic mass is 10.2. The summed E-state index contributed by atoms with van der Waals surface area (Å²) in [7, 11) is -0.176. The third kappa shape index (κ3) is 3.12. The second-order valence-electron chi connectivity index (χ2n) is 4.58. The van der Waals surface area contributed by atoms with E-state index in [1.165, 1.54) is 25.9 Å². The number of hydrogen-bond acceptors (Lipinski definition) is 4. The lowest BCUT2D eigenvalue weighted by molar-refractivity contribution is -0.141. The van der Waals surface area contributed by atoms with Gasteiger partial charge in [-0.2, -0.15) is 0 Å². The minimum Gasteiger partial charge on any atom is -0.480 e. The largest absolute Gasteiger partial charge is 0.480 e. The molecule has 1 N–H and O–H groups in total. The number of urea groups is 1. The zero-order chi connectivity index (χ0) is 14.1. The predicted octanol–water partition coefficient (Wildman–Crippen LogP) is -0.370. The van der Waals surface area contributed by atoms with Crippen molar-refractivity contribution in [3.8, 4) is 0 Å². The van der Waals surface area contributed by atoms with Crippen molar-refractivity contribution in [1.29, 1.82) is 0 Å². The molecule has 0 bridgehead atoms. The van der Waals surface area contributed by atoms with E-state index in [1.807, 2.05) is 0 Å². The van der Waals surface area contributed by atoms with Crippen molar-refractivity contribution in [2.45, 2.75) is 25.4 Å². The summed E-state index contributed by atoms with van der Waals surface area (Å²) in [4.78, 5) is 25.2. The molecular formula is C10H18N2O5S. The van der Waals surface area contributed by atoms with E-state index in [0.29, 0.717) is 6.42 Å². The van der Waals surface area contributed by atoms with E-state index in [9.17, 15) is 18.0 Å². The molecule has 2 unspecified atom stereocenters. The first kappa shape index (κ1) is 14.7. The molecule has 1 heterocycles. The molecule has 1 fully saturated rings. The molecule has 104 valence electrons. The molecular weight excluding hydrogens is 260 g/mol. The maximum Gasteiger partial charge on any atom is 0.326 e. The smallest absolute Gasteiger partial charge is 0.326 e. The number of hydrogen-bond donors (Lipinski definition) is 1. The Balaban J connectivity index is 2.70. The average molecular weight is 278 g/mol. The standard InChI is InChI=1S/C10H18N2O5S/c1-7(9(13)14)11(2)10(15)12(3)8-4-5-18(16,17)6-8/h7-8H,4-6H2,1-3H3,(H,13,14). The number of nitrogens with zero attached hydrogens (tertiary/aromatic N) is 2. The number of sulfone groups is 1. The van der Waals surface area contributed by atoms with Crippen molar-refractivity contribution in [3.05, 3.63) is 0 Å². The van der Waals surface area contributed by atoms with Gasteiger partial charge in [-0.25, -0.2) is 18.0 Å². The molecule has 1 saturated heterocycles. The molecule has 2 atom stereocenters. The van der Waals surface area contributed by atoms with Crippen LogP contribution in [0.3, 0.4) is 0 Å². The van der Waals surface area contributed by atoms with Crippen LogP contribution in [0.2, 0.25) is 0 Å². The third-order valence-corrected chi connectivity index (χ3v) is 5.05. The van der Waals surface area contributed by atoms with Crippen molar-refractivity contribution < 1.29 is 23.1 Å². The number of carboxylic acids is 1. The minimum atomic E-state index is -3.07. The fraction of sp³-hybridized carbons (Fsp3) is 0.800. The maximum absolute atomic E-state index is 12.0. The van der Waals surface area contributed by atoms with Gasteiger partial charge in [-0.15, -0.1) is 0 Å². The van der Waals surface area contributed by atoms with Crippen LogP contribution >= 0.6 is 0 Å². The summed E-state index contributed by atoms with van der Waals surface area (Å²) in [6.07, 6.45) is 0.403. The van der Waals surface area contributed by atoms with Crippen LogP contribution in [0.15, 0.2) is 0 Å². The van der Waals surface area contributed by atoms with E-state index in [2.05, 4.69) is 0 Å². The molecule has 0 aromatic rings. The van der Waals surface area contributed by atoms with E-state index in [4.69, 9.17) is 5.11 Å². The van der Waals surface area contributed by atoms with Crippen LogP contribution in [0.4, 0.5) is 4.79 Å². The topological polar surface area (TPSA) is 95.0 Å². The van der Waals surface area contributed by atoms with Gasteiger partial charge in [-0.3, -0.25) is 0 Å². The third-order valence-electron chi connectivity index (χ3n) is 3.30. The average Bonchev–Trinajstić information content (AvgIpc) is 2.65. The number of rotatable bonds is 3. The van der Waals surface area contributed by atoms with Gasteiger partial charge in [0.1, 0.15) is 6.04 Å². The predicted molar refractivity (Wildman–Crippen MR) is 65.1 cm³/mol. The molecule has 0 saturated carbocycles. The Morgan fingerprint density at radius 2 is 1.89 bits per heavy atom. The van der Waals surface area contributed by atoms with E-state index in [1.54, 1.807) is 0 Å². The molecule has 18 heavy (non-hydrogen) atoms. The normalized spacial score (nSPS) is 23.4. The number of carboxylic acid groups (broad SMARTS) is 1. The Hall–Kier alpha value is -1.31. The molecule has 1 aliphatic heterocycles. The Kier molecular flexibility index (Phi) is 4.20. The number of amides is 2. The molecule has 8 heteroatoms. The van der Waals surface area contributed by atoms with Gasteiger partial charge in [0.2, 0.25) is 0 Å². The molecule has 0 aliphatic carbocycles. The lowest BCUT2D eigenvalue weighted by Crippen LogP contribution is -2.49. The first-order valence-electron chi connectivity index (χ1n) is 5.58. The highest BCUT2D eigenvalue weighted by Crippen LogP contribution is 2.18. The number of carbonyl (C=O) groups is 2. The van der Waals surface area contributed by atoms with Crippen LogP contribution in [-0.4, -0.2) is 73.0 Å². The van der Waals surface area contributed by atoms with E-state index in [-0.39, 0.29) is 17.5 Å². The minimum absolute atomic E-state index is 0.0511. The number of aliphatic carboxylic acids is 1. The first-order valence-corrected chi connectivity index (χ1v) is 7.40. The lowest BCUT2D eigenvalue weighted by Gasteiger charge is -2.30. The Labute approximate surface area is 106 Å². The van der Waals surface area contributed by atoms with Gasteiger partial charge in [-0.05, 0) is 13.3 Å². The molecule has 7 nitrogen and oxygen atoms in total. The van der Waals surface area contributed by atoms with Gasteiger partial charge in [0.25, 0.3) is 0 Å². The molecule has 0 aromatic heterocycles. The number of likely N-dealkylation sites (N-methyl/N-ethyl adjacent to an activating group) is 1. The summed E-state index contributed by atoms with van der Waals surface area (Å²) < 4.78 is 22.7. The van der Waals surface area contributed by atoms with E-state index < -0.39 is 27.9 Å². The summed E-state index contributed by atoms with van der Waals surface area (Å²) in [5.74, 6) is -1.07. The molecule has 0 radical (unpaired) electrons. The van der Waals surface area contributed by atoms with Gasteiger partial charge in [0.15, 0.2) is 9.84 Å². The summed E-state index contributed by atoms with van der Waals surface area (Å²) in [5, 5.41) is 8.82. The highest BCUT2D eigenvalue weighted by Gasteiger charge is 2.35. The zero-order valence-electron chi connectivity index (χ0n) is 10.7. The molecule has 2 amide bonds. The van der Waals surface area contributed by atoms with Crippen LogP contribution in [0.5, 0.6) is 0 Å². The fourth-order valence-corrected chi connectivity index (χ4v) is 3.59. The van der Waals surface area contributed by atoms with Crippen LogP contribution in [0, 0.1) is 0 Å². The molecule has 0 spiro atoms. The summed E-state index contributed by atoms with van der Waals surface area (Å²) in [6.45, 7) is 1.40. The SMILES string of the molecule is CC(C(=O)O)N(C)C(=O)N(C)C1CCS(=O)(=O)C1. The quantitative estimate of drug-likeness (QED) is 0.760. The number of carbonyl (C=O) groups excluding carboxylic acids is 1. The summed E-state index contributed by atoms with van der Waals surface area (Å²) >= 11 is 0. The summed E-state index contributed by atoms with van der Waals surface area (Å²) in [6, 6.07) is -1.80. The van der Waals surface area contributed by atoms with Crippen LogP contribution in [0.25, 0.3) is 0 Å². The molecule has 1 aliphatic rings. The van der Waals surface area contributed by atoms with Crippen LogP contribution in [0.1, 0.15) is 13.3 Å². The zero-order valence-corrected chi connectivity index (χ0v) is 11.5. The Morgan fingerprint density at radius 3 is 2.28 bits per heavy atom. The van der Waals surface area contributed by atoms with Crippen molar-refractivity contribution in [3.63, 3.8) is 0 Å². The van der Waals surface area contributed by atoms with Gasteiger partial charge >= 0.3 is 12.0 Å². The monoisotopic (exact) mass is 278 g/mol. The van der Waals surface area contributed by atoms with Crippen molar-refractivity contribution in [2.75, 3.05) is 25.6 Å². The Bertz CT molecular complexity index is 447. The molecule has 0 aromatic carbocycles. The van der Waals surface area contributed by atoms with Crippen LogP contribution < -0.4 is 0 Å². The van der Waals surface area contributed by atoms with E-state index in [0.717, 1.165) is 4.90 Å².